The van der Waals surface area contributed by atoms with Gasteiger partial charge in [0.2, 0.25) is 0 Å². The second kappa shape index (κ2) is 7.67. The highest BCUT2D eigenvalue weighted by Gasteiger charge is 2.12. The number of hydrogen-bond acceptors (Lipinski definition) is 3. The number of carboxylic acids is 1. The first-order chi connectivity index (χ1) is 9.54. The molecular weight excluding hydrogens is 290 g/mol. The summed E-state index contributed by atoms with van der Waals surface area (Å²) in [4.78, 5) is 10.8. The van der Waals surface area contributed by atoms with Gasteiger partial charge in [0.15, 0.2) is 0 Å². The van der Waals surface area contributed by atoms with Gasteiger partial charge < -0.3 is 15.6 Å². The molecule has 2 aromatic rings. The van der Waals surface area contributed by atoms with Crippen LogP contribution in [0.15, 0.2) is 48.5 Å². The lowest BCUT2D eigenvalue weighted by atomic mass is 10.1. The van der Waals surface area contributed by atoms with Crippen molar-refractivity contribution in [2.45, 2.75) is 19.4 Å². The molecule has 0 bridgehead atoms. The molecule has 21 heavy (non-hydrogen) atoms. The quantitative estimate of drug-likeness (QED) is 0.890. The molecule has 0 amide bonds. The van der Waals surface area contributed by atoms with E-state index in [9.17, 15) is 4.79 Å². The van der Waals surface area contributed by atoms with E-state index in [1.807, 2.05) is 55.5 Å². The third kappa shape index (κ3) is 5.10. The predicted molar refractivity (Wildman–Crippen MR) is 84.3 cm³/mol. The van der Waals surface area contributed by atoms with Gasteiger partial charge in [-0.2, -0.15) is 0 Å². The fourth-order valence-electron chi connectivity index (χ4n) is 1.82. The molecule has 2 aromatic carbocycles. The summed E-state index contributed by atoms with van der Waals surface area (Å²) in [6, 6.07) is 14.1. The number of benzene rings is 2. The molecule has 112 valence electrons. The highest BCUT2D eigenvalue weighted by molar-refractivity contribution is 5.85. The van der Waals surface area contributed by atoms with Crippen LogP contribution in [0.5, 0.6) is 11.5 Å². The fourth-order valence-corrected chi connectivity index (χ4v) is 1.82. The summed E-state index contributed by atoms with van der Waals surface area (Å²) in [5.41, 5.74) is 7.53. The summed E-state index contributed by atoms with van der Waals surface area (Å²) in [5, 5.41) is 8.82. The van der Waals surface area contributed by atoms with Gasteiger partial charge in [0, 0.05) is 0 Å². The molecule has 3 N–H and O–H groups in total. The zero-order valence-corrected chi connectivity index (χ0v) is 12.5. The third-order valence-corrected chi connectivity index (χ3v) is 2.93. The number of halogens is 1. The fraction of sp³-hybridized carbons (Fsp3) is 0.188. The van der Waals surface area contributed by atoms with Crippen LogP contribution in [-0.4, -0.2) is 17.1 Å². The Morgan fingerprint density at radius 3 is 2.48 bits per heavy atom. The third-order valence-electron chi connectivity index (χ3n) is 2.93. The molecule has 0 unspecified atom stereocenters. The Morgan fingerprint density at radius 1 is 1.19 bits per heavy atom. The van der Waals surface area contributed by atoms with E-state index >= 15 is 0 Å². The number of ether oxygens (including phenoxy) is 1. The first kappa shape index (κ1) is 17.0. The summed E-state index contributed by atoms with van der Waals surface area (Å²) in [6.07, 6.45) is 0.278. The van der Waals surface area contributed by atoms with Gasteiger partial charge in [-0.15, -0.1) is 12.4 Å². The Hall–Kier alpha value is -2.04. The predicted octanol–water partition coefficient (Wildman–Crippen LogP) is 3.16. The van der Waals surface area contributed by atoms with Crippen LogP contribution in [0.2, 0.25) is 0 Å². The molecule has 0 fully saturated rings. The Morgan fingerprint density at radius 2 is 1.86 bits per heavy atom. The summed E-state index contributed by atoms with van der Waals surface area (Å²) >= 11 is 0. The number of aliphatic carboxylic acids is 1. The topological polar surface area (TPSA) is 72.5 Å². The van der Waals surface area contributed by atoms with Gasteiger partial charge in [0.25, 0.3) is 0 Å². The molecule has 5 heteroatoms. The normalized spacial score (nSPS) is 11.3. The molecule has 1 atom stereocenters. The summed E-state index contributed by atoms with van der Waals surface area (Å²) in [7, 11) is 0. The van der Waals surface area contributed by atoms with Gasteiger partial charge >= 0.3 is 5.97 Å². The van der Waals surface area contributed by atoms with Gasteiger partial charge in [-0.1, -0.05) is 29.8 Å². The Labute approximate surface area is 130 Å². The monoisotopic (exact) mass is 307 g/mol. The van der Waals surface area contributed by atoms with E-state index in [0.29, 0.717) is 5.75 Å². The van der Waals surface area contributed by atoms with Crippen molar-refractivity contribution in [1.29, 1.82) is 0 Å². The molecule has 0 aliphatic carbocycles. The Kier molecular flexibility index (Phi) is 6.21. The number of rotatable bonds is 5. The van der Waals surface area contributed by atoms with Crippen LogP contribution in [0.3, 0.4) is 0 Å². The van der Waals surface area contributed by atoms with Gasteiger partial charge in [-0.05, 0) is 43.2 Å². The van der Waals surface area contributed by atoms with Crippen LogP contribution >= 0.6 is 12.4 Å². The number of carbonyl (C=O) groups is 1. The van der Waals surface area contributed by atoms with Crippen molar-refractivity contribution in [3.8, 4) is 11.5 Å². The smallest absolute Gasteiger partial charge is 0.320 e. The van der Waals surface area contributed by atoms with E-state index in [-0.39, 0.29) is 18.8 Å². The van der Waals surface area contributed by atoms with Crippen LogP contribution < -0.4 is 10.5 Å². The molecule has 0 spiro atoms. The van der Waals surface area contributed by atoms with Crippen molar-refractivity contribution >= 4 is 18.4 Å². The number of hydrogen-bond donors (Lipinski definition) is 2. The van der Waals surface area contributed by atoms with Gasteiger partial charge in [-0.3, -0.25) is 4.79 Å². The maximum Gasteiger partial charge on any atom is 0.320 e. The molecule has 0 saturated carbocycles. The van der Waals surface area contributed by atoms with Gasteiger partial charge in [-0.25, -0.2) is 0 Å². The van der Waals surface area contributed by atoms with Crippen LogP contribution in [0, 0.1) is 6.92 Å². The average Bonchev–Trinajstić information content (AvgIpc) is 2.42. The second-order valence-corrected chi connectivity index (χ2v) is 4.71. The lowest BCUT2D eigenvalue weighted by Gasteiger charge is -2.09. The number of aryl methyl sites for hydroxylation is 1. The van der Waals surface area contributed by atoms with E-state index in [2.05, 4.69) is 0 Å². The maximum atomic E-state index is 10.8. The summed E-state index contributed by atoms with van der Waals surface area (Å²) in [5.74, 6) is 0.411. The van der Waals surface area contributed by atoms with Crippen molar-refractivity contribution in [2.75, 3.05) is 0 Å². The molecule has 0 radical (unpaired) electrons. The molecule has 0 aromatic heterocycles. The maximum absolute atomic E-state index is 10.8. The van der Waals surface area contributed by atoms with Crippen molar-refractivity contribution in [1.82, 2.24) is 0 Å². The molecular formula is C16H18ClNO3. The van der Waals surface area contributed by atoms with Crippen molar-refractivity contribution < 1.29 is 14.6 Å². The number of nitrogens with two attached hydrogens (primary N) is 1. The second-order valence-electron chi connectivity index (χ2n) is 4.71. The molecule has 4 nitrogen and oxygen atoms in total. The van der Waals surface area contributed by atoms with E-state index in [4.69, 9.17) is 15.6 Å². The molecule has 0 saturated heterocycles. The van der Waals surface area contributed by atoms with E-state index < -0.39 is 12.0 Å². The SMILES string of the molecule is Cc1ccc(Oc2cccc(C[C@@H](N)C(=O)O)c2)cc1.Cl. The molecule has 0 heterocycles. The molecule has 0 aliphatic rings. The lowest BCUT2D eigenvalue weighted by Crippen LogP contribution is -2.32. The van der Waals surface area contributed by atoms with E-state index in [1.54, 1.807) is 0 Å². The van der Waals surface area contributed by atoms with Crippen LogP contribution in [0.4, 0.5) is 0 Å². The van der Waals surface area contributed by atoms with Crippen LogP contribution in [-0.2, 0) is 11.2 Å². The zero-order chi connectivity index (χ0) is 14.5. The minimum absolute atomic E-state index is 0. The van der Waals surface area contributed by atoms with Crippen molar-refractivity contribution in [2.24, 2.45) is 5.73 Å². The number of carboxylic acid groups (broad SMARTS) is 1. The van der Waals surface area contributed by atoms with Crippen molar-refractivity contribution in [3.63, 3.8) is 0 Å². The summed E-state index contributed by atoms with van der Waals surface area (Å²) in [6.45, 7) is 2.01. The van der Waals surface area contributed by atoms with Crippen molar-refractivity contribution in [3.05, 3.63) is 59.7 Å². The lowest BCUT2D eigenvalue weighted by molar-refractivity contribution is -0.138. The largest absolute Gasteiger partial charge is 0.480 e. The first-order valence-corrected chi connectivity index (χ1v) is 6.36. The minimum Gasteiger partial charge on any atom is -0.480 e. The molecule has 2 rings (SSSR count). The average molecular weight is 308 g/mol. The Bertz CT molecular complexity index is 599. The zero-order valence-electron chi connectivity index (χ0n) is 11.7. The van der Waals surface area contributed by atoms with E-state index in [0.717, 1.165) is 11.3 Å². The summed E-state index contributed by atoms with van der Waals surface area (Å²) < 4.78 is 5.73. The standard InChI is InChI=1S/C16H17NO3.ClH/c1-11-5-7-13(8-6-11)20-14-4-2-3-12(9-14)10-15(17)16(18)19;/h2-9,15H,10,17H2,1H3,(H,18,19);1H/t15-;/m1./s1. The first-order valence-electron chi connectivity index (χ1n) is 6.36. The highest BCUT2D eigenvalue weighted by atomic mass is 35.5. The Balaban J connectivity index is 0.00000220. The van der Waals surface area contributed by atoms with Crippen LogP contribution in [0.1, 0.15) is 11.1 Å². The highest BCUT2D eigenvalue weighted by Crippen LogP contribution is 2.22. The van der Waals surface area contributed by atoms with Gasteiger partial charge in [0.1, 0.15) is 17.5 Å². The van der Waals surface area contributed by atoms with E-state index in [1.165, 1.54) is 5.56 Å². The van der Waals surface area contributed by atoms with Crippen LogP contribution in [0.25, 0.3) is 0 Å². The molecule has 0 aliphatic heterocycles. The van der Waals surface area contributed by atoms with Gasteiger partial charge in [0.05, 0.1) is 0 Å². The minimum atomic E-state index is -1.00.